The molecule has 0 aromatic heterocycles. The summed E-state index contributed by atoms with van der Waals surface area (Å²) in [5, 5.41) is 0.792. The second-order valence-electron chi connectivity index (χ2n) is 7.04. The molecule has 3 heterocycles. The number of benzene rings is 2. The largest absolute Gasteiger partial charge is 0.489 e. The summed E-state index contributed by atoms with van der Waals surface area (Å²) in [4.78, 5) is 2.51. The summed E-state index contributed by atoms with van der Waals surface area (Å²) < 4.78 is 17.2. The smallest absolute Gasteiger partial charge is 0.231 e. The Morgan fingerprint density at radius 2 is 1.84 bits per heavy atom. The fourth-order valence-corrected chi connectivity index (χ4v) is 4.48. The van der Waals surface area contributed by atoms with Crippen LogP contribution in [0.5, 0.6) is 17.2 Å². The molecule has 0 spiro atoms. The van der Waals surface area contributed by atoms with Gasteiger partial charge in [-0.3, -0.25) is 4.90 Å². The van der Waals surface area contributed by atoms with E-state index in [0.29, 0.717) is 11.8 Å². The monoisotopic (exact) mass is 357 g/mol. The van der Waals surface area contributed by atoms with Crippen LogP contribution in [0.15, 0.2) is 42.5 Å². The molecule has 2 bridgehead atoms. The Kier molecular flexibility index (Phi) is 3.75. The molecule has 130 valence electrons. The standard InChI is InChI=1S/C20H20ClNO3/c21-14-3-1-13(2-4-14)16-7-8-22-10-17(16)20(11-22)25-15-5-6-18-19(9-15)24-12-23-18/h1-6,9,16-17,20H,7-8,10-12H2/t16-,17?,20+/m0/s1. The average Bonchev–Trinajstić information content (AvgIpc) is 3.21. The zero-order chi connectivity index (χ0) is 16.8. The molecule has 0 saturated carbocycles. The highest BCUT2D eigenvalue weighted by molar-refractivity contribution is 6.30. The number of hydrogen-bond acceptors (Lipinski definition) is 4. The third-order valence-corrected chi connectivity index (χ3v) is 5.84. The first kappa shape index (κ1) is 15.4. The molecule has 2 aromatic carbocycles. The van der Waals surface area contributed by atoms with Crippen LogP contribution in [0.2, 0.25) is 5.02 Å². The van der Waals surface area contributed by atoms with E-state index in [2.05, 4.69) is 17.0 Å². The van der Waals surface area contributed by atoms with Crippen molar-refractivity contribution >= 4 is 11.6 Å². The average molecular weight is 358 g/mol. The lowest BCUT2D eigenvalue weighted by Crippen LogP contribution is -2.33. The summed E-state index contributed by atoms with van der Waals surface area (Å²) in [5.41, 5.74) is 1.37. The fourth-order valence-electron chi connectivity index (χ4n) is 4.36. The van der Waals surface area contributed by atoms with Crippen LogP contribution in [-0.2, 0) is 0 Å². The molecule has 2 aromatic rings. The minimum atomic E-state index is 0.198. The molecule has 0 radical (unpaired) electrons. The van der Waals surface area contributed by atoms with Crippen LogP contribution in [0.1, 0.15) is 17.9 Å². The van der Waals surface area contributed by atoms with Crippen molar-refractivity contribution in [3.63, 3.8) is 0 Å². The number of ether oxygens (including phenoxy) is 3. The van der Waals surface area contributed by atoms with Crippen molar-refractivity contribution in [3.8, 4) is 17.2 Å². The zero-order valence-corrected chi connectivity index (χ0v) is 14.6. The van der Waals surface area contributed by atoms with Crippen LogP contribution < -0.4 is 14.2 Å². The van der Waals surface area contributed by atoms with Crippen LogP contribution in [0.25, 0.3) is 0 Å². The maximum atomic E-state index is 6.39. The van der Waals surface area contributed by atoms with Gasteiger partial charge in [0.15, 0.2) is 11.5 Å². The van der Waals surface area contributed by atoms with E-state index >= 15 is 0 Å². The highest BCUT2D eigenvalue weighted by atomic mass is 35.5. The topological polar surface area (TPSA) is 30.9 Å². The van der Waals surface area contributed by atoms with E-state index in [0.717, 1.165) is 41.9 Å². The van der Waals surface area contributed by atoms with E-state index in [9.17, 15) is 0 Å². The fraction of sp³-hybridized carbons (Fsp3) is 0.400. The number of hydrogen-bond donors (Lipinski definition) is 0. The Morgan fingerprint density at radius 3 is 2.72 bits per heavy atom. The van der Waals surface area contributed by atoms with Crippen molar-refractivity contribution in [1.29, 1.82) is 0 Å². The third-order valence-electron chi connectivity index (χ3n) is 5.59. The van der Waals surface area contributed by atoms with Gasteiger partial charge in [-0.05, 0) is 48.7 Å². The third kappa shape index (κ3) is 2.83. The number of piperidine rings is 1. The SMILES string of the molecule is Clc1ccc([C@@H]2CCN3CC2[C@H](Oc2ccc4c(c2)OCO4)C3)cc1. The van der Waals surface area contributed by atoms with Gasteiger partial charge in [-0.2, -0.15) is 0 Å². The summed E-state index contributed by atoms with van der Waals surface area (Å²) in [6.45, 7) is 3.51. The Morgan fingerprint density at radius 1 is 1.00 bits per heavy atom. The van der Waals surface area contributed by atoms with Crippen LogP contribution in [-0.4, -0.2) is 37.4 Å². The second kappa shape index (κ2) is 6.11. The van der Waals surface area contributed by atoms with E-state index in [4.69, 9.17) is 25.8 Å². The number of nitrogens with zero attached hydrogens (tertiary/aromatic N) is 1. The van der Waals surface area contributed by atoms with Gasteiger partial charge >= 0.3 is 0 Å². The lowest BCUT2D eigenvalue weighted by atomic mass is 9.80. The van der Waals surface area contributed by atoms with Crippen molar-refractivity contribution in [2.75, 3.05) is 26.4 Å². The highest BCUT2D eigenvalue weighted by Crippen LogP contribution is 2.42. The van der Waals surface area contributed by atoms with E-state index in [1.54, 1.807) is 0 Å². The maximum Gasteiger partial charge on any atom is 0.231 e. The molecule has 3 aliphatic heterocycles. The van der Waals surface area contributed by atoms with Crippen LogP contribution in [0.4, 0.5) is 0 Å². The molecule has 4 atom stereocenters. The normalized spacial score (nSPS) is 29.6. The van der Waals surface area contributed by atoms with Crippen molar-refractivity contribution in [2.24, 2.45) is 5.92 Å². The lowest BCUT2D eigenvalue weighted by Gasteiger charge is -2.32. The van der Waals surface area contributed by atoms with E-state index in [1.165, 1.54) is 12.0 Å². The predicted octanol–water partition coefficient (Wildman–Crippen LogP) is 3.94. The van der Waals surface area contributed by atoms with Gasteiger partial charge in [-0.15, -0.1) is 0 Å². The zero-order valence-electron chi connectivity index (χ0n) is 13.9. The van der Waals surface area contributed by atoms with Gasteiger partial charge in [-0.25, -0.2) is 0 Å². The minimum Gasteiger partial charge on any atom is -0.489 e. The second-order valence-corrected chi connectivity index (χ2v) is 7.48. The van der Waals surface area contributed by atoms with Crippen molar-refractivity contribution in [3.05, 3.63) is 53.1 Å². The van der Waals surface area contributed by atoms with Crippen LogP contribution >= 0.6 is 11.6 Å². The Bertz CT molecular complexity index is 779. The summed E-state index contributed by atoms with van der Waals surface area (Å²) in [5.74, 6) is 3.45. The number of halogens is 1. The highest BCUT2D eigenvalue weighted by Gasteiger charge is 2.43. The summed E-state index contributed by atoms with van der Waals surface area (Å²) >= 11 is 6.06. The molecule has 4 nitrogen and oxygen atoms in total. The van der Waals surface area contributed by atoms with E-state index < -0.39 is 0 Å². The molecule has 2 unspecified atom stereocenters. The molecule has 0 aliphatic carbocycles. The molecular formula is C20H20ClNO3. The van der Waals surface area contributed by atoms with Gasteiger partial charge in [0.05, 0.1) is 0 Å². The molecule has 3 aliphatic rings. The van der Waals surface area contributed by atoms with Crippen molar-refractivity contribution < 1.29 is 14.2 Å². The van der Waals surface area contributed by atoms with E-state index in [-0.39, 0.29) is 12.9 Å². The van der Waals surface area contributed by atoms with Crippen molar-refractivity contribution in [2.45, 2.75) is 18.4 Å². The predicted molar refractivity (Wildman–Crippen MR) is 95.7 cm³/mol. The van der Waals surface area contributed by atoms with Crippen LogP contribution in [0.3, 0.4) is 0 Å². The van der Waals surface area contributed by atoms with Gasteiger partial charge < -0.3 is 14.2 Å². The first-order chi connectivity index (χ1) is 12.3. The van der Waals surface area contributed by atoms with Crippen molar-refractivity contribution in [1.82, 2.24) is 4.90 Å². The first-order valence-corrected chi connectivity index (χ1v) is 9.18. The van der Waals surface area contributed by atoms with E-state index in [1.807, 2.05) is 30.3 Å². The Labute approximate surface area is 152 Å². The van der Waals surface area contributed by atoms with Crippen LogP contribution in [0, 0.1) is 5.92 Å². The maximum absolute atomic E-state index is 6.39. The Balaban J connectivity index is 1.37. The van der Waals surface area contributed by atoms with Gasteiger partial charge in [0.1, 0.15) is 11.9 Å². The quantitative estimate of drug-likeness (QED) is 0.832. The van der Waals surface area contributed by atoms with Gasteiger partial charge in [-0.1, -0.05) is 23.7 Å². The van der Waals surface area contributed by atoms with Gasteiger partial charge in [0, 0.05) is 30.1 Å². The molecule has 0 amide bonds. The number of rotatable bonds is 3. The molecule has 25 heavy (non-hydrogen) atoms. The molecule has 0 N–H and O–H groups in total. The molecular weight excluding hydrogens is 338 g/mol. The number of fused-ring (bicyclic) bond motifs is 3. The Hall–Kier alpha value is -1.91. The lowest BCUT2D eigenvalue weighted by molar-refractivity contribution is 0.156. The molecule has 2 saturated heterocycles. The summed E-state index contributed by atoms with van der Waals surface area (Å²) in [7, 11) is 0. The summed E-state index contributed by atoms with van der Waals surface area (Å²) in [6.07, 6.45) is 1.37. The minimum absolute atomic E-state index is 0.198. The van der Waals surface area contributed by atoms with Gasteiger partial charge in [0.2, 0.25) is 6.79 Å². The summed E-state index contributed by atoms with van der Waals surface area (Å²) in [6, 6.07) is 14.2. The first-order valence-electron chi connectivity index (χ1n) is 8.80. The van der Waals surface area contributed by atoms with Gasteiger partial charge in [0.25, 0.3) is 0 Å². The molecule has 2 fully saturated rings. The molecule has 5 heteroatoms. The molecule has 5 rings (SSSR count).